The van der Waals surface area contributed by atoms with Gasteiger partial charge in [-0.25, -0.2) is 0 Å². The normalized spacial score (nSPS) is 9.33. The van der Waals surface area contributed by atoms with E-state index in [-0.39, 0.29) is 0 Å². The summed E-state index contributed by atoms with van der Waals surface area (Å²) in [5, 5.41) is 9.33. The van der Waals surface area contributed by atoms with E-state index in [0.717, 1.165) is 29.7 Å². The lowest BCUT2D eigenvalue weighted by atomic mass is 10.1. The largest absolute Gasteiger partial charge is 0.507 e. The molecule has 0 fully saturated rings. The summed E-state index contributed by atoms with van der Waals surface area (Å²) in [6.07, 6.45) is 2.13. The van der Waals surface area contributed by atoms with Gasteiger partial charge in [0.25, 0.3) is 0 Å². The Morgan fingerprint density at radius 2 is 1.42 bits per heavy atom. The molecule has 0 bridgehead atoms. The zero-order valence-electron chi connectivity index (χ0n) is 16.7. The third-order valence-corrected chi connectivity index (χ3v) is 3.77. The van der Waals surface area contributed by atoms with E-state index in [1.807, 2.05) is 46.8 Å². The van der Waals surface area contributed by atoms with Gasteiger partial charge in [0.1, 0.15) is 11.5 Å². The van der Waals surface area contributed by atoms with Crippen LogP contribution < -0.4 is 4.74 Å². The summed E-state index contributed by atoms with van der Waals surface area (Å²) in [6, 6.07) is 10.3. The highest BCUT2D eigenvalue weighted by Crippen LogP contribution is 2.22. The predicted octanol–water partition coefficient (Wildman–Crippen LogP) is 6.16. The monoisotopic (exact) mass is 330 g/mol. The first-order valence-electron chi connectivity index (χ1n) is 8.85. The molecule has 0 heterocycles. The lowest BCUT2D eigenvalue weighted by Crippen LogP contribution is -1.92. The number of phenolic OH excluding ortho intramolecular Hbond substituents is 1. The highest BCUT2D eigenvalue weighted by Gasteiger charge is 2.00. The molecule has 0 saturated heterocycles. The third kappa shape index (κ3) is 6.66. The molecule has 0 amide bonds. The van der Waals surface area contributed by atoms with Gasteiger partial charge in [0, 0.05) is 0 Å². The molecule has 0 radical (unpaired) electrons. The number of benzene rings is 2. The Hall–Kier alpha value is -1.96. The fraction of sp³-hybridized carbons (Fsp3) is 0.455. The van der Waals surface area contributed by atoms with Crippen LogP contribution in [0.1, 0.15) is 55.5 Å². The van der Waals surface area contributed by atoms with E-state index in [1.54, 1.807) is 7.11 Å². The quantitative estimate of drug-likeness (QED) is 0.730. The second-order valence-electron chi connectivity index (χ2n) is 5.60. The molecule has 134 valence electrons. The lowest BCUT2D eigenvalue weighted by molar-refractivity contribution is 0.410. The van der Waals surface area contributed by atoms with Crippen LogP contribution >= 0.6 is 0 Å². The van der Waals surface area contributed by atoms with Crippen molar-refractivity contribution in [2.45, 2.75) is 61.3 Å². The second-order valence-corrected chi connectivity index (χ2v) is 5.60. The maximum atomic E-state index is 9.33. The number of hydrogen-bond donors (Lipinski definition) is 1. The van der Waals surface area contributed by atoms with Crippen molar-refractivity contribution in [3.8, 4) is 11.5 Å². The molecular formula is C22H34O2. The third-order valence-electron chi connectivity index (χ3n) is 3.77. The zero-order valence-corrected chi connectivity index (χ0v) is 16.7. The molecule has 0 unspecified atom stereocenters. The Kier molecular flexibility index (Phi) is 10.6. The minimum Gasteiger partial charge on any atom is -0.507 e. The SMILES string of the molecule is CC.CCc1ccc(OC)c(CC)c1.Cc1cc(C)c(O)c(C)c1. The van der Waals surface area contributed by atoms with Gasteiger partial charge < -0.3 is 9.84 Å². The summed E-state index contributed by atoms with van der Waals surface area (Å²) < 4.78 is 5.24. The predicted molar refractivity (Wildman–Crippen MR) is 105 cm³/mol. The Balaban J connectivity index is 0.000000405. The smallest absolute Gasteiger partial charge is 0.122 e. The average Bonchev–Trinajstić information content (AvgIpc) is 2.61. The molecule has 24 heavy (non-hydrogen) atoms. The van der Waals surface area contributed by atoms with E-state index in [2.05, 4.69) is 32.0 Å². The van der Waals surface area contributed by atoms with Crippen LogP contribution in [0.25, 0.3) is 0 Å². The first-order valence-corrected chi connectivity index (χ1v) is 8.85. The van der Waals surface area contributed by atoms with Crippen molar-refractivity contribution < 1.29 is 9.84 Å². The minimum absolute atomic E-state index is 0.422. The Morgan fingerprint density at radius 3 is 1.83 bits per heavy atom. The zero-order chi connectivity index (χ0) is 18.7. The van der Waals surface area contributed by atoms with Gasteiger partial charge in [0.2, 0.25) is 0 Å². The van der Waals surface area contributed by atoms with Crippen LogP contribution in [-0.4, -0.2) is 12.2 Å². The molecule has 0 aliphatic heterocycles. The van der Waals surface area contributed by atoms with E-state index < -0.39 is 0 Å². The van der Waals surface area contributed by atoms with Gasteiger partial charge >= 0.3 is 0 Å². The van der Waals surface area contributed by atoms with Crippen molar-refractivity contribution in [3.05, 3.63) is 58.1 Å². The number of rotatable bonds is 3. The number of ether oxygens (including phenoxy) is 1. The Bertz CT molecular complexity index is 592. The maximum Gasteiger partial charge on any atom is 0.122 e. The number of aromatic hydroxyl groups is 1. The van der Waals surface area contributed by atoms with Gasteiger partial charge in [0.05, 0.1) is 7.11 Å². The van der Waals surface area contributed by atoms with Crippen LogP contribution in [0.5, 0.6) is 11.5 Å². The van der Waals surface area contributed by atoms with Crippen LogP contribution in [0.15, 0.2) is 30.3 Å². The summed E-state index contributed by atoms with van der Waals surface area (Å²) in [5.41, 5.74) is 5.80. The maximum absolute atomic E-state index is 9.33. The summed E-state index contributed by atoms with van der Waals surface area (Å²) in [6.45, 7) is 14.2. The van der Waals surface area contributed by atoms with E-state index in [1.165, 1.54) is 16.7 Å². The van der Waals surface area contributed by atoms with Gasteiger partial charge in [-0.3, -0.25) is 0 Å². The molecule has 0 aliphatic carbocycles. The standard InChI is InChI=1S/C11H16O.C9H12O.C2H6/c1-4-9-6-7-11(12-3)10(5-2)8-9;1-6-4-7(2)9(10)8(3)5-6;1-2/h6-8H,4-5H2,1-3H3;4-5,10H,1-3H3;1-2H3. The van der Waals surface area contributed by atoms with Crippen molar-refractivity contribution in [1.29, 1.82) is 0 Å². The molecule has 0 saturated carbocycles. The molecule has 1 N–H and O–H groups in total. The van der Waals surface area contributed by atoms with Crippen LogP contribution in [0.3, 0.4) is 0 Å². The molecule has 0 spiro atoms. The molecule has 0 aromatic heterocycles. The topological polar surface area (TPSA) is 29.5 Å². The van der Waals surface area contributed by atoms with Crippen LogP contribution in [-0.2, 0) is 12.8 Å². The van der Waals surface area contributed by atoms with Crippen LogP contribution in [0.2, 0.25) is 0 Å². The molecular weight excluding hydrogens is 296 g/mol. The summed E-state index contributed by atoms with van der Waals surface area (Å²) >= 11 is 0. The summed E-state index contributed by atoms with van der Waals surface area (Å²) in [7, 11) is 1.72. The fourth-order valence-electron chi connectivity index (χ4n) is 2.50. The van der Waals surface area contributed by atoms with Gasteiger partial charge in [-0.2, -0.15) is 0 Å². The molecule has 2 aromatic rings. The van der Waals surface area contributed by atoms with Crippen molar-refractivity contribution in [3.63, 3.8) is 0 Å². The van der Waals surface area contributed by atoms with Gasteiger partial charge in [-0.05, 0) is 61.9 Å². The molecule has 0 aliphatic rings. The number of hydrogen-bond acceptors (Lipinski definition) is 2. The molecule has 2 heteroatoms. The molecule has 2 aromatic carbocycles. The van der Waals surface area contributed by atoms with E-state index in [0.29, 0.717) is 5.75 Å². The van der Waals surface area contributed by atoms with Gasteiger partial charge in [-0.15, -0.1) is 0 Å². The Morgan fingerprint density at radius 1 is 0.875 bits per heavy atom. The fourth-order valence-corrected chi connectivity index (χ4v) is 2.50. The van der Waals surface area contributed by atoms with E-state index in [4.69, 9.17) is 4.74 Å². The van der Waals surface area contributed by atoms with E-state index in [9.17, 15) is 5.11 Å². The van der Waals surface area contributed by atoms with E-state index >= 15 is 0 Å². The average molecular weight is 331 g/mol. The first-order chi connectivity index (χ1) is 11.4. The van der Waals surface area contributed by atoms with Gasteiger partial charge in [0.15, 0.2) is 0 Å². The van der Waals surface area contributed by atoms with Crippen molar-refractivity contribution in [2.75, 3.05) is 7.11 Å². The minimum atomic E-state index is 0.422. The van der Waals surface area contributed by atoms with Crippen molar-refractivity contribution in [1.82, 2.24) is 0 Å². The number of phenols is 1. The highest BCUT2D eigenvalue weighted by molar-refractivity contribution is 5.41. The molecule has 2 rings (SSSR count). The molecule has 0 atom stereocenters. The summed E-state index contributed by atoms with van der Waals surface area (Å²) in [4.78, 5) is 0. The number of aryl methyl sites for hydroxylation is 5. The van der Waals surface area contributed by atoms with Crippen molar-refractivity contribution in [2.24, 2.45) is 0 Å². The first kappa shape index (κ1) is 22.0. The second kappa shape index (κ2) is 11.6. The van der Waals surface area contributed by atoms with Crippen LogP contribution in [0.4, 0.5) is 0 Å². The van der Waals surface area contributed by atoms with Crippen LogP contribution in [0, 0.1) is 20.8 Å². The number of methoxy groups -OCH3 is 1. The Labute approximate surface area is 148 Å². The lowest BCUT2D eigenvalue weighted by Gasteiger charge is -2.07. The highest BCUT2D eigenvalue weighted by atomic mass is 16.5. The van der Waals surface area contributed by atoms with Gasteiger partial charge in [-0.1, -0.05) is 57.5 Å². The summed E-state index contributed by atoms with van der Waals surface area (Å²) in [5.74, 6) is 1.43. The van der Waals surface area contributed by atoms with Crippen molar-refractivity contribution >= 4 is 0 Å². The molecule has 2 nitrogen and oxygen atoms in total.